The van der Waals surface area contributed by atoms with Crippen molar-refractivity contribution in [3.63, 3.8) is 0 Å². The smallest absolute Gasteiger partial charge is 0.321 e. The lowest BCUT2D eigenvalue weighted by atomic mass is 10.0. The fourth-order valence-electron chi connectivity index (χ4n) is 1.15. The molecule has 0 rings (SSSR count). The highest BCUT2D eigenvalue weighted by atomic mass is 32.2. The molecule has 2 unspecified atom stereocenters. The van der Waals surface area contributed by atoms with Crippen LogP contribution in [0.5, 0.6) is 0 Å². The van der Waals surface area contributed by atoms with Gasteiger partial charge < -0.3 is 10.4 Å². The van der Waals surface area contributed by atoms with Crippen molar-refractivity contribution in [3.8, 4) is 0 Å². The molecule has 6 heteroatoms. The summed E-state index contributed by atoms with van der Waals surface area (Å²) in [5, 5.41) is 10.9. The Labute approximate surface area is 111 Å². The minimum Gasteiger partial charge on any atom is -0.480 e. The lowest BCUT2D eigenvalue weighted by Gasteiger charge is -2.28. The molecule has 2 atom stereocenters. The summed E-state index contributed by atoms with van der Waals surface area (Å²) in [5.41, 5.74) is -0.386. The molecule has 0 heterocycles. The largest absolute Gasteiger partial charge is 0.480 e. The monoisotopic (exact) mass is 277 g/mol. The molecule has 106 valence electrons. The predicted octanol–water partition coefficient (Wildman–Crippen LogP) is 1.29. The molecule has 0 fully saturated rings. The molecule has 0 aliphatic carbocycles. The maximum atomic E-state index is 12.1. The average molecular weight is 277 g/mol. The second kappa shape index (κ2) is 5.82. The van der Waals surface area contributed by atoms with E-state index in [2.05, 4.69) is 5.32 Å². The predicted molar refractivity (Wildman–Crippen MR) is 71.8 cm³/mol. The van der Waals surface area contributed by atoms with E-state index in [9.17, 15) is 13.8 Å². The summed E-state index contributed by atoms with van der Waals surface area (Å²) in [6.07, 6.45) is 0.737. The highest BCUT2D eigenvalue weighted by Crippen LogP contribution is 2.18. The fourth-order valence-corrected chi connectivity index (χ4v) is 2.46. The minimum atomic E-state index is -1.78. The second-order valence-corrected chi connectivity index (χ2v) is 7.80. The van der Waals surface area contributed by atoms with Gasteiger partial charge in [-0.25, -0.2) is 0 Å². The molecule has 0 aliphatic heterocycles. The Balaban J connectivity index is 4.87. The second-order valence-electron chi connectivity index (χ2n) is 5.48. The third-order valence-electron chi connectivity index (χ3n) is 3.05. The topological polar surface area (TPSA) is 83.5 Å². The lowest BCUT2D eigenvalue weighted by Crippen LogP contribution is -2.51. The number of hydrogen-bond donors (Lipinski definition) is 2. The maximum absolute atomic E-state index is 12.1. The van der Waals surface area contributed by atoms with E-state index in [0.717, 1.165) is 6.42 Å². The van der Waals surface area contributed by atoms with E-state index in [1.807, 2.05) is 20.8 Å². The van der Waals surface area contributed by atoms with Crippen molar-refractivity contribution >= 4 is 22.7 Å². The number of hydrogen-bond acceptors (Lipinski definition) is 3. The first-order chi connectivity index (χ1) is 7.95. The summed E-state index contributed by atoms with van der Waals surface area (Å²) in [6.45, 7) is 9.87. The Morgan fingerprint density at radius 3 is 2.06 bits per heavy atom. The van der Waals surface area contributed by atoms with Gasteiger partial charge in [0.1, 0.15) is 10.00 Å². The highest BCUT2D eigenvalue weighted by Gasteiger charge is 2.40. The molecule has 1 amide bonds. The van der Waals surface area contributed by atoms with Crippen LogP contribution in [0, 0.1) is 0 Å². The zero-order valence-corrected chi connectivity index (χ0v) is 12.7. The Morgan fingerprint density at radius 2 is 1.72 bits per heavy atom. The van der Waals surface area contributed by atoms with Crippen LogP contribution in [0.25, 0.3) is 0 Å². The lowest BCUT2D eigenvalue weighted by molar-refractivity contribution is -0.139. The SMILES string of the molecule is CCC(C)(C)NC(=O)C(C)S(=O)C(C)(C)C(=O)O. The van der Waals surface area contributed by atoms with Crippen LogP contribution in [-0.2, 0) is 20.4 Å². The van der Waals surface area contributed by atoms with Gasteiger partial charge in [-0.05, 0) is 41.0 Å². The van der Waals surface area contributed by atoms with E-state index >= 15 is 0 Å². The summed E-state index contributed by atoms with van der Waals surface area (Å²) in [5.74, 6) is -1.55. The summed E-state index contributed by atoms with van der Waals surface area (Å²) in [7, 11) is -1.78. The van der Waals surface area contributed by atoms with Gasteiger partial charge in [-0.2, -0.15) is 0 Å². The number of aliphatic carboxylic acids is 1. The minimum absolute atomic E-state index is 0.380. The Bertz CT molecular complexity index is 363. The summed E-state index contributed by atoms with van der Waals surface area (Å²) in [4.78, 5) is 22.9. The molecule has 0 radical (unpaired) electrons. The van der Waals surface area contributed by atoms with E-state index < -0.39 is 26.8 Å². The number of amides is 1. The molecule has 18 heavy (non-hydrogen) atoms. The first-order valence-corrected chi connectivity index (χ1v) is 7.13. The molecular formula is C12H23NO4S. The van der Waals surface area contributed by atoms with Crippen molar-refractivity contribution < 1.29 is 18.9 Å². The van der Waals surface area contributed by atoms with Crippen LogP contribution >= 0.6 is 0 Å². The molecule has 0 spiro atoms. The van der Waals surface area contributed by atoms with Gasteiger partial charge in [0.2, 0.25) is 5.91 Å². The first kappa shape index (κ1) is 17.1. The van der Waals surface area contributed by atoms with Crippen LogP contribution in [0.4, 0.5) is 0 Å². The van der Waals surface area contributed by atoms with Gasteiger partial charge in [-0.1, -0.05) is 6.92 Å². The number of carbonyl (C=O) groups is 2. The van der Waals surface area contributed by atoms with Crippen molar-refractivity contribution in [2.75, 3.05) is 0 Å². The van der Waals surface area contributed by atoms with Crippen LogP contribution < -0.4 is 5.32 Å². The van der Waals surface area contributed by atoms with Crippen molar-refractivity contribution in [3.05, 3.63) is 0 Å². The van der Waals surface area contributed by atoms with E-state index in [0.29, 0.717) is 0 Å². The first-order valence-electron chi connectivity index (χ1n) is 5.92. The van der Waals surface area contributed by atoms with Crippen LogP contribution in [0.1, 0.15) is 48.0 Å². The molecule has 0 aliphatic rings. The molecule has 0 bridgehead atoms. The van der Waals surface area contributed by atoms with Gasteiger partial charge in [-0.3, -0.25) is 13.8 Å². The standard InChI is InChI=1S/C12H23NO4S/c1-7-11(3,4)13-9(14)8(2)18(17)12(5,6)10(15)16/h8H,7H2,1-6H3,(H,13,14)(H,15,16). The number of carboxylic acid groups (broad SMARTS) is 1. The normalized spacial score (nSPS) is 15.9. The number of carboxylic acids is 1. The third kappa shape index (κ3) is 4.08. The maximum Gasteiger partial charge on any atom is 0.321 e. The third-order valence-corrected chi connectivity index (χ3v) is 5.09. The van der Waals surface area contributed by atoms with Crippen LogP contribution in [0.3, 0.4) is 0 Å². The van der Waals surface area contributed by atoms with E-state index in [-0.39, 0.29) is 11.4 Å². The summed E-state index contributed by atoms with van der Waals surface area (Å²) >= 11 is 0. The molecule has 0 aromatic rings. The zero-order chi connectivity index (χ0) is 14.7. The van der Waals surface area contributed by atoms with Crippen molar-refractivity contribution in [2.24, 2.45) is 0 Å². The molecule has 0 aromatic carbocycles. The van der Waals surface area contributed by atoms with Crippen LogP contribution in [-0.4, -0.2) is 36.7 Å². The molecule has 2 N–H and O–H groups in total. The Kier molecular flexibility index (Phi) is 5.53. The number of carbonyl (C=O) groups excluding carboxylic acids is 1. The van der Waals surface area contributed by atoms with Gasteiger partial charge in [0, 0.05) is 5.54 Å². The highest BCUT2D eigenvalue weighted by molar-refractivity contribution is 7.88. The molecule has 5 nitrogen and oxygen atoms in total. The molecular weight excluding hydrogens is 254 g/mol. The van der Waals surface area contributed by atoms with E-state index in [1.165, 1.54) is 20.8 Å². The van der Waals surface area contributed by atoms with Crippen molar-refractivity contribution in [1.29, 1.82) is 0 Å². The number of rotatable bonds is 6. The number of nitrogens with one attached hydrogen (secondary N) is 1. The quantitative estimate of drug-likeness (QED) is 0.766. The molecule has 0 saturated heterocycles. The van der Waals surface area contributed by atoms with E-state index in [4.69, 9.17) is 5.11 Å². The molecule has 0 saturated carbocycles. The van der Waals surface area contributed by atoms with Gasteiger partial charge in [-0.15, -0.1) is 0 Å². The Morgan fingerprint density at radius 1 is 1.28 bits per heavy atom. The summed E-state index contributed by atoms with van der Waals surface area (Å²) in [6, 6.07) is 0. The van der Waals surface area contributed by atoms with Gasteiger partial charge in [0.05, 0.1) is 10.8 Å². The van der Waals surface area contributed by atoms with Crippen LogP contribution in [0.2, 0.25) is 0 Å². The summed E-state index contributed by atoms with van der Waals surface area (Å²) < 4.78 is 10.7. The zero-order valence-electron chi connectivity index (χ0n) is 11.9. The molecule has 0 aromatic heterocycles. The van der Waals surface area contributed by atoms with Gasteiger partial charge in [0.15, 0.2) is 0 Å². The van der Waals surface area contributed by atoms with Gasteiger partial charge >= 0.3 is 5.97 Å². The van der Waals surface area contributed by atoms with Crippen molar-refractivity contribution in [2.45, 2.75) is 63.5 Å². The Hall–Kier alpha value is -0.910. The van der Waals surface area contributed by atoms with Crippen LogP contribution in [0.15, 0.2) is 0 Å². The van der Waals surface area contributed by atoms with Crippen molar-refractivity contribution in [1.82, 2.24) is 5.32 Å². The average Bonchev–Trinajstić information content (AvgIpc) is 2.26. The van der Waals surface area contributed by atoms with E-state index in [1.54, 1.807) is 0 Å². The van der Waals surface area contributed by atoms with Gasteiger partial charge in [0.25, 0.3) is 0 Å². The fraction of sp³-hybridized carbons (Fsp3) is 0.833.